The maximum atomic E-state index is 14.3. The number of likely N-dealkylation sites (tertiary alicyclic amines) is 1. The Balaban J connectivity index is 1.85. The lowest BCUT2D eigenvalue weighted by Gasteiger charge is -2.43. The zero-order valence-corrected chi connectivity index (χ0v) is 17.2. The summed E-state index contributed by atoms with van der Waals surface area (Å²) >= 11 is 0. The van der Waals surface area contributed by atoms with Crippen LogP contribution in [0, 0.1) is 25.2 Å². The molecule has 0 saturated carbocycles. The lowest BCUT2D eigenvalue weighted by atomic mass is 9.88. The first-order valence-electron chi connectivity index (χ1n) is 9.67. The van der Waals surface area contributed by atoms with Crippen LogP contribution in [0.5, 0.6) is 0 Å². The number of rotatable bonds is 4. The van der Waals surface area contributed by atoms with Crippen molar-refractivity contribution in [1.82, 2.24) is 19.9 Å². The quantitative estimate of drug-likeness (QED) is 0.564. The molecule has 32 heavy (non-hydrogen) atoms. The molecule has 0 aromatic carbocycles. The Morgan fingerprint density at radius 2 is 1.97 bits per heavy atom. The van der Waals surface area contributed by atoms with E-state index in [1.807, 2.05) is 0 Å². The van der Waals surface area contributed by atoms with Gasteiger partial charge < -0.3 is 10.2 Å². The standard InChI is InChI=1S/C21H20F5N5O/c1-4-14-6-5-13(3)30-17(14)18(32)31-11-20(22,23)7-12(2)16(31)10-29-19-27-8-15(9-28-19)21(24,25)26/h1,5-6,8-9,12,16H,7,10-11H2,2-3H3,(H,27,28,29)/t12-,16?/m1/s1. The molecule has 2 atom stereocenters. The van der Waals surface area contributed by atoms with Gasteiger partial charge in [0.05, 0.1) is 23.7 Å². The lowest BCUT2D eigenvalue weighted by molar-refractivity contribution is -0.138. The van der Waals surface area contributed by atoms with E-state index in [1.165, 1.54) is 6.07 Å². The van der Waals surface area contributed by atoms with Crippen LogP contribution in [0.2, 0.25) is 0 Å². The predicted molar refractivity (Wildman–Crippen MR) is 106 cm³/mol. The van der Waals surface area contributed by atoms with Crippen molar-refractivity contribution in [1.29, 1.82) is 0 Å². The second kappa shape index (κ2) is 8.68. The third kappa shape index (κ3) is 5.12. The molecule has 2 aromatic rings. The summed E-state index contributed by atoms with van der Waals surface area (Å²) in [7, 11) is 0. The molecule has 1 fully saturated rings. The van der Waals surface area contributed by atoms with Gasteiger partial charge in [0.15, 0.2) is 0 Å². The summed E-state index contributed by atoms with van der Waals surface area (Å²) in [5.74, 6) is -2.27. The monoisotopic (exact) mass is 453 g/mol. The Labute approximate surface area is 181 Å². The highest BCUT2D eigenvalue weighted by atomic mass is 19.4. The van der Waals surface area contributed by atoms with Crippen LogP contribution >= 0.6 is 0 Å². The Morgan fingerprint density at radius 3 is 2.56 bits per heavy atom. The van der Waals surface area contributed by atoms with Gasteiger partial charge in [0, 0.05) is 31.1 Å². The fourth-order valence-electron chi connectivity index (χ4n) is 3.61. The molecule has 0 bridgehead atoms. The van der Waals surface area contributed by atoms with E-state index in [0.717, 1.165) is 4.90 Å². The SMILES string of the molecule is C#Cc1ccc(C)nc1C(=O)N1CC(F)(F)C[C@@H](C)C1CNc1ncc(C(F)(F)F)cn1. The highest BCUT2D eigenvalue weighted by Gasteiger charge is 2.46. The molecule has 1 aliphatic heterocycles. The average Bonchev–Trinajstić information content (AvgIpc) is 2.71. The molecule has 0 radical (unpaired) electrons. The molecule has 3 heterocycles. The number of hydrogen-bond acceptors (Lipinski definition) is 5. The van der Waals surface area contributed by atoms with E-state index < -0.39 is 48.5 Å². The van der Waals surface area contributed by atoms with Crippen molar-refractivity contribution in [3.05, 3.63) is 47.0 Å². The average molecular weight is 453 g/mol. The molecule has 0 spiro atoms. The number of aromatic nitrogens is 3. The Bertz CT molecular complexity index is 1030. The highest BCUT2D eigenvalue weighted by molar-refractivity contribution is 5.95. The van der Waals surface area contributed by atoms with Crippen molar-refractivity contribution in [2.24, 2.45) is 5.92 Å². The van der Waals surface area contributed by atoms with Crippen LogP contribution in [-0.4, -0.2) is 50.8 Å². The Kier molecular flexibility index (Phi) is 6.34. The maximum Gasteiger partial charge on any atom is 0.419 e. The number of nitrogens with one attached hydrogen (secondary N) is 1. The number of nitrogens with zero attached hydrogens (tertiary/aromatic N) is 4. The summed E-state index contributed by atoms with van der Waals surface area (Å²) in [5.41, 5.74) is -0.442. The molecule has 1 unspecified atom stereocenters. The molecule has 1 N–H and O–H groups in total. The molecular weight excluding hydrogens is 433 g/mol. The van der Waals surface area contributed by atoms with E-state index in [4.69, 9.17) is 6.42 Å². The second-order valence-corrected chi connectivity index (χ2v) is 7.70. The van der Waals surface area contributed by atoms with Crippen molar-refractivity contribution in [2.75, 3.05) is 18.4 Å². The molecule has 0 aliphatic carbocycles. The van der Waals surface area contributed by atoms with Gasteiger partial charge in [-0.2, -0.15) is 13.2 Å². The molecule has 6 nitrogen and oxygen atoms in total. The fraction of sp³-hybridized carbons (Fsp3) is 0.429. The van der Waals surface area contributed by atoms with E-state index in [9.17, 15) is 26.7 Å². The first-order chi connectivity index (χ1) is 14.9. The number of halogens is 5. The van der Waals surface area contributed by atoms with Gasteiger partial charge in [-0.05, 0) is 25.0 Å². The van der Waals surface area contributed by atoms with E-state index in [-0.39, 0.29) is 23.8 Å². The third-order valence-electron chi connectivity index (χ3n) is 5.18. The Hall–Kier alpha value is -3.29. The molecule has 1 amide bonds. The number of hydrogen-bond donors (Lipinski definition) is 1. The van der Waals surface area contributed by atoms with Crippen LogP contribution < -0.4 is 5.32 Å². The summed E-state index contributed by atoms with van der Waals surface area (Å²) in [4.78, 5) is 25.6. The summed E-state index contributed by atoms with van der Waals surface area (Å²) in [6.45, 7) is 2.33. The molecular formula is C21H20F5N5O. The number of aryl methyl sites for hydroxylation is 1. The normalized spacial score (nSPS) is 20.5. The number of alkyl halides is 5. The second-order valence-electron chi connectivity index (χ2n) is 7.70. The van der Waals surface area contributed by atoms with Gasteiger partial charge in [-0.25, -0.2) is 23.7 Å². The first kappa shape index (κ1) is 23.4. The van der Waals surface area contributed by atoms with Gasteiger partial charge in [-0.15, -0.1) is 6.42 Å². The number of pyridine rings is 1. The van der Waals surface area contributed by atoms with E-state index in [0.29, 0.717) is 18.1 Å². The number of terminal acetylenes is 1. The minimum atomic E-state index is -4.58. The molecule has 3 rings (SSSR count). The molecule has 2 aromatic heterocycles. The smallest absolute Gasteiger partial charge is 0.352 e. The van der Waals surface area contributed by atoms with Gasteiger partial charge in [0.1, 0.15) is 5.69 Å². The van der Waals surface area contributed by atoms with Crippen molar-refractivity contribution in [3.63, 3.8) is 0 Å². The first-order valence-corrected chi connectivity index (χ1v) is 9.67. The zero-order chi connectivity index (χ0) is 23.7. The van der Waals surface area contributed by atoms with Crippen LogP contribution in [0.25, 0.3) is 0 Å². The van der Waals surface area contributed by atoms with Crippen LogP contribution in [0.1, 0.15) is 40.7 Å². The molecule has 1 saturated heterocycles. The van der Waals surface area contributed by atoms with Gasteiger partial charge in [-0.1, -0.05) is 12.8 Å². The number of piperidine rings is 1. The van der Waals surface area contributed by atoms with Crippen LogP contribution in [-0.2, 0) is 6.18 Å². The minimum absolute atomic E-state index is 0.0500. The van der Waals surface area contributed by atoms with Crippen LogP contribution in [0.3, 0.4) is 0 Å². The predicted octanol–water partition coefficient (Wildman–Crippen LogP) is 3.78. The van der Waals surface area contributed by atoms with Crippen molar-refractivity contribution < 1.29 is 26.7 Å². The van der Waals surface area contributed by atoms with Crippen molar-refractivity contribution in [3.8, 4) is 12.3 Å². The highest BCUT2D eigenvalue weighted by Crippen LogP contribution is 2.35. The summed E-state index contributed by atoms with van der Waals surface area (Å²) in [5, 5.41) is 2.74. The molecule has 1 aliphatic rings. The number of carbonyl (C=O) groups is 1. The topological polar surface area (TPSA) is 71.0 Å². The van der Waals surface area contributed by atoms with Gasteiger partial charge in [0.2, 0.25) is 5.95 Å². The number of carbonyl (C=O) groups excluding carboxylic acids is 1. The minimum Gasteiger partial charge on any atom is -0.352 e. The molecule has 170 valence electrons. The van der Waals surface area contributed by atoms with E-state index in [1.54, 1.807) is 19.9 Å². The number of amides is 1. The summed E-state index contributed by atoms with van der Waals surface area (Å²) < 4.78 is 66.7. The van der Waals surface area contributed by atoms with Crippen LogP contribution in [0.15, 0.2) is 24.5 Å². The Morgan fingerprint density at radius 1 is 1.31 bits per heavy atom. The van der Waals surface area contributed by atoms with Gasteiger partial charge >= 0.3 is 6.18 Å². The lowest BCUT2D eigenvalue weighted by Crippen LogP contribution is -2.57. The largest absolute Gasteiger partial charge is 0.419 e. The van der Waals surface area contributed by atoms with Gasteiger partial charge in [0.25, 0.3) is 11.8 Å². The number of anilines is 1. The maximum absolute atomic E-state index is 14.3. The van der Waals surface area contributed by atoms with Crippen molar-refractivity contribution in [2.45, 2.75) is 38.4 Å². The van der Waals surface area contributed by atoms with Gasteiger partial charge in [-0.3, -0.25) is 4.79 Å². The van der Waals surface area contributed by atoms with E-state index >= 15 is 0 Å². The van der Waals surface area contributed by atoms with E-state index in [2.05, 4.69) is 26.2 Å². The zero-order valence-electron chi connectivity index (χ0n) is 17.2. The summed E-state index contributed by atoms with van der Waals surface area (Å²) in [6, 6.07) is 2.41. The fourth-order valence-corrected chi connectivity index (χ4v) is 3.61. The molecule has 11 heteroatoms. The van der Waals surface area contributed by atoms with Crippen LogP contribution in [0.4, 0.5) is 27.9 Å². The van der Waals surface area contributed by atoms with Crippen molar-refractivity contribution >= 4 is 11.9 Å². The third-order valence-corrected chi connectivity index (χ3v) is 5.18. The summed E-state index contributed by atoms with van der Waals surface area (Å²) in [6.07, 6.45) is 1.64.